The largest absolute Gasteiger partial charge is 0.231 e. The van der Waals surface area contributed by atoms with Crippen LogP contribution in [0.25, 0.3) is 117 Å². The van der Waals surface area contributed by atoms with Gasteiger partial charge in [0.1, 0.15) is 5.69 Å². The fourth-order valence-electron chi connectivity index (χ4n) is 9.22. The highest BCUT2D eigenvalue weighted by Gasteiger charge is 2.22. The first-order valence-electron chi connectivity index (χ1n) is 22.7. The second kappa shape index (κ2) is 17.2. The predicted octanol–water partition coefficient (Wildman–Crippen LogP) is 16.3. The van der Waals surface area contributed by atoms with Gasteiger partial charge in [0.15, 0.2) is 5.82 Å². The first kappa shape index (κ1) is 39.6. The summed E-state index contributed by atoms with van der Waals surface area (Å²) in [5.41, 5.74) is 19.1. The molecular weight excluding hydrogens is 813 g/mol. The van der Waals surface area contributed by atoms with Gasteiger partial charge in [-0.05, 0) is 62.5 Å². The summed E-state index contributed by atoms with van der Waals surface area (Å²) in [7, 11) is 0. The van der Waals surface area contributed by atoms with Gasteiger partial charge in [0.05, 0.1) is 22.6 Å². The van der Waals surface area contributed by atoms with Crippen molar-refractivity contribution in [1.29, 1.82) is 0 Å². The Bertz CT molecular complexity index is 3560. The van der Waals surface area contributed by atoms with Gasteiger partial charge >= 0.3 is 0 Å². The molecule has 0 aliphatic rings. The Balaban J connectivity index is 0.969. The lowest BCUT2D eigenvalue weighted by Crippen LogP contribution is -1.96. The Hall–Kier alpha value is -8.99. The highest BCUT2D eigenvalue weighted by molar-refractivity contribution is 6.09. The summed E-state index contributed by atoms with van der Waals surface area (Å²) in [6, 6.07) is 89.9. The number of pyridine rings is 1. The van der Waals surface area contributed by atoms with E-state index in [0.29, 0.717) is 5.82 Å². The van der Waals surface area contributed by atoms with E-state index in [1.54, 1.807) is 0 Å². The molecule has 12 aromatic rings. The van der Waals surface area contributed by atoms with Crippen LogP contribution in [-0.4, -0.2) is 19.6 Å². The molecule has 0 saturated heterocycles. The summed E-state index contributed by atoms with van der Waals surface area (Å²) >= 11 is 0. The zero-order chi connectivity index (χ0) is 44.5. The highest BCUT2D eigenvalue weighted by atomic mass is 15.2. The second-order valence-corrected chi connectivity index (χ2v) is 16.8. The number of rotatable bonds is 9. The van der Waals surface area contributed by atoms with Crippen molar-refractivity contribution in [2.24, 2.45) is 0 Å². The van der Waals surface area contributed by atoms with Crippen molar-refractivity contribution in [3.63, 3.8) is 0 Å². The Kier molecular flexibility index (Phi) is 10.2. The monoisotopic (exact) mass is 854 g/mol. The van der Waals surface area contributed by atoms with Gasteiger partial charge in [0.25, 0.3) is 0 Å². The number of aromatic nitrogens is 4. The minimum Gasteiger partial charge on any atom is -0.231 e. The number of nitrogens with zero attached hydrogens (tertiary/aromatic N) is 4. The summed E-state index contributed by atoms with van der Waals surface area (Å²) in [5.74, 6) is 0.673. The van der Waals surface area contributed by atoms with Gasteiger partial charge in [-0.3, -0.25) is 0 Å². The van der Waals surface area contributed by atoms with Crippen LogP contribution in [0.5, 0.6) is 0 Å². The molecule has 4 heteroatoms. The van der Waals surface area contributed by atoms with Gasteiger partial charge in [-0.25, -0.2) is 14.5 Å². The van der Waals surface area contributed by atoms with E-state index in [0.717, 1.165) is 100 Å². The molecule has 0 N–H and O–H groups in total. The quantitative estimate of drug-likeness (QED) is 0.145. The van der Waals surface area contributed by atoms with E-state index < -0.39 is 0 Å². The molecule has 0 radical (unpaired) electrons. The molecule has 0 saturated carbocycles. The zero-order valence-electron chi connectivity index (χ0n) is 36.5. The van der Waals surface area contributed by atoms with Crippen LogP contribution in [0.1, 0.15) is 0 Å². The van der Waals surface area contributed by atoms with Gasteiger partial charge in [-0.2, -0.15) is 5.10 Å². The summed E-state index contributed by atoms with van der Waals surface area (Å²) in [5, 5.41) is 7.71. The molecule has 0 aliphatic heterocycles. The molecular formula is C63H42N4. The van der Waals surface area contributed by atoms with Crippen molar-refractivity contribution in [3.8, 4) is 101 Å². The SMILES string of the molecule is c1ccc(-c2ccc(-c3cc(-c4ccc(-c5ccccc5)cc4)nc(-c4ccc(-c5ccc6cc(-c7ccccc7)n7nc(-c8ccccc8)c(-c8ccccc8)c7c6c5)cc4)n3)cc2)cc1. The van der Waals surface area contributed by atoms with Crippen molar-refractivity contribution in [2.75, 3.05) is 0 Å². The zero-order valence-corrected chi connectivity index (χ0v) is 36.5. The molecule has 0 unspecified atom stereocenters. The van der Waals surface area contributed by atoms with Crippen molar-refractivity contribution >= 4 is 16.3 Å². The Morgan fingerprint density at radius 2 is 0.672 bits per heavy atom. The maximum atomic E-state index is 5.43. The van der Waals surface area contributed by atoms with E-state index in [4.69, 9.17) is 15.1 Å². The van der Waals surface area contributed by atoms with Gasteiger partial charge in [-0.15, -0.1) is 0 Å². The van der Waals surface area contributed by atoms with E-state index in [2.05, 4.69) is 247 Å². The van der Waals surface area contributed by atoms with E-state index >= 15 is 0 Å². The molecule has 3 aromatic heterocycles. The third-order valence-corrected chi connectivity index (χ3v) is 12.7. The highest BCUT2D eigenvalue weighted by Crippen LogP contribution is 2.42. The Morgan fingerprint density at radius 3 is 1.18 bits per heavy atom. The summed E-state index contributed by atoms with van der Waals surface area (Å²) in [6.07, 6.45) is 0. The van der Waals surface area contributed by atoms with E-state index in [9.17, 15) is 0 Å². The third kappa shape index (κ3) is 7.67. The molecule has 67 heavy (non-hydrogen) atoms. The van der Waals surface area contributed by atoms with Crippen molar-refractivity contribution < 1.29 is 0 Å². The van der Waals surface area contributed by atoms with Gasteiger partial charge in [-0.1, -0.05) is 237 Å². The lowest BCUT2D eigenvalue weighted by atomic mass is 9.95. The average molecular weight is 855 g/mol. The van der Waals surface area contributed by atoms with Gasteiger partial charge < -0.3 is 0 Å². The van der Waals surface area contributed by atoms with E-state index in [1.807, 2.05) is 12.1 Å². The minimum atomic E-state index is 0.673. The van der Waals surface area contributed by atoms with Crippen LogP contribution in [0.4, 0.5) is 0 Å². The van der Waals surface area contributed by atoms with Crippen LogP contribution in [0, 0.1) is 0 Å². The lowest BCUT2D eigenvalue weighted by Gasteiger charge is -2.13. The smallest absolute Gasteiger partial charge is 0.160 e. The average Bonchev–Trinajstić information content (AvgIpc) is 3.83. The van der Waals surface area contributed by atoms with Crippen molar-refractivity contribution in [1.82, 2.24) is 19.6 Å². The predicted molar refractivity (Wildman–Crippen MR) is 277 cm³/mol. The molecule has 0 amide bonds. The molecule has 0 spiro atoms. The van der Waals surface area contributed by atoms with Crippen LogP contribution in [0.2, 0.25) is 0 Å². The number of benzene rings is 9. The van der Waals surface area contributed by atoms with Gasteiger partial charge in [0.2, 0.25) is 0 Å². The summed E-state index contributed by atoms with van der Waals surface area (Å²) in [4.78, 5) is 10.4. The van der Waals surface area contributed by atoms with Crippen LogP contribution in [0.3, 0.4) is 0 Å². The lowest BCUT2D eigenvalue weighted by molar-refractivity contribution is 0.979. The van der Waals surface area contributed by atoms with Crippen molar-refractivity contribution in [3.05, 3.63) is 255 Å². The third-order valence-electron chi connectivity index (χ3n) is 12.7. The first-order valence-corrected chi connectivity index (χ1v) is 22.7. The molecule has 12 rings (SSSR count). The van der Waals surface area contributed by atoms with E-state index in [1.165, 1.54) is 11.1 Å². The molecule has 0 atom stereocenters. The fourth-order valence-corrected chi connectivity index (χ4v) is 9.22. The van der Waals surface area contributed by atoms with Gasteiger partial charge in [0, 0.05) is 38.8 Å². The molecule has 0 aliphatic carbocycles. The standard InChI is InChI=1S/C63H42N4/c1-6-16-43(17-7-1)45-26-32-48(33-27-45)57-42-58(49-34-28-46(29-35-49)44-18-8-2-9-19-44)65-63(64-57)53-36-30-47(31-37-53)54-38-39-55-41-59(50-20-10-3-11-21-50)67-62(56(55)40-54)60(51-22-12-4-13-23-51)61(66-67)52-24-14-5-15-25-52/h1-42H. The van der Waals surface area contributed by atoms with Crippen LogP contribution in [-0.2, 0) is 0 Å². The second-order valence-electron chi connectivity index (χ2n) is 16.8. The summed E-state index contributed by atoms with van der Waals surface area (Å²) in [6.45, 7) is 0. The molecule has 314 valence electrons. The number of fused-ring (bicyclic) bond motifs is 3. The molecule has 4 nitrogen and oxygen atoms in total. The normalized spacial score (nSPS) is 11.3. The molecule has 3 heterocycles. The van der Waals surface area contributed by atoms with Crippen molar-refractivity contribution in [2.45, 2.75) is 0 Å². The van der Waals surface area contributed by atoms with E-state index in [-0.39, 0.29) is 0 Å². The fraction of sp³-hybridized carbons (Fsp3) is 0. The maximum Gasteiger partial charge on any atom is 0.160 e. The molecule has 0 bridgehead atoms. The summed E-state index contributed by atoms with van der Waals surface area (Å²) < 4.78 is 2.15. The van der Waals surface area contributed by atoms with Crippen LogP contribution < -0.4 is 0 Å². The number of hydrogen-bond donors (Lipinski definition) is 0. The first-order chi connectivity index (χ1) is 33.2. The Morgan fingerprint density at radius 1 is 0.284 bits per heavy atom. The molecule has 0 fully saturated rings. The Labute approximate surface area is 389 Å². The van der Waals surface area contributed by atoms with Crippen LogP contribution >= 0.6 is 0 Å². The van der Waals surface area contributed by atoms with Crippen LogP contribution in [0.15, 0.2) is 255 Å². The maximum absolute atomic E-state index is 5.43. The number of hydrogen-bond acceptors (Lipinski definition) is 3. The molecule has 9 aromatic carbocycles. The minimum absolute atomic E-state index is 0.673. The topological polar surface area (TPSA) is 43.1 Å².